The fourth-order valence-electron chi connectivity index (χ4n) is 2.37. The highest BCUT2D eigenvalue weighted by Crippen LogP contribution is 2.18. The highest BCUT2D eigenvalue weighted by molar-refractivity contribution is 4.77. The highest BCUT2D eigenvalue weighted by Gasteiger charge is 2.24. The molecule has 1 aliphatic heterocycles. The van der Waals surface area contributed by atoms with Crippen molar-refractivity contribution in [1.82, 2.24) is 21.3 Å². The van der Waals surface area contributed by atoms with Crippen LogP contribution in [0, 0.1) is 0 Å². The molecule has 126 valence electrons. The molecule has 7 heteroatoms. The molecule has 1 heterocycles. The minimum atomic E-state index is 0.190. The summed E-state index contributed by atoms with van der Waals surface area (Å²) in [5, 5.41) is 30.3. The van der Waals surface area contributed by atoms with Gasteiger partial charge in [0.1, 0.15) is 0 Å². The zero-order valence-electron chi connectivity index (χ0n) is 12.9. The van der Waals surface area contributed by atoms with Crippen LogP contribution < -0.4 is 21.3 Å². The molecule has 0 amide bonds. The maximum atomic E-state index is 8.63. The lowest BCUT2D eigenvalue weighted by Crippen LogP contribution is -2.36. The molecule has 1 rings (SSSR count). The first kappa shape index (κ1) is 18.8. The topological polar surface area (TPSA) is 97.8 Å². The predicted molar refractivity (Wildman–Crippen MR) is 83.5 cm³/mol. The van der Waals surface area contributed by atoms with E-state index in [1.165, 1.54) is 0 Å². The average Bonchev–Trinajstić information content (AvgIpc) is 2.94. The first-order chi connectivity index (χ1) is 10.4. The van der Waals surface area contributed by atoms with Gasteiger partial charge in [-0.2, -0.15) is 0 Å². The standard InChI is InChI=1S/C14H32N4O3/c19-9-7-15-3-5-17-11-13-1-2-14(21-13)12-18-6-4-16-8-10-20/h13-20H,1-12H2/t13-,14+. The van der Waals surface area contributed by atoms with Crippen LogP contribution in [0.1, 0.15) is 12.8 Å². The number of aliphatic hydroxyl groups excluding tert-OH is 2. The van der Waals surface area contributed by atoms with Crippen LogP contribution in [0.5, 0.6) is 0 Å². The van der Waals surface area contributed by atoms with Crippen LogP contribution in [-0.2, 0) is 4.74 Å². The van der Waals surface area contributed by atoms with Crippen molar-refractivity contribution in [2.45, 2.75) is 25.0 Å². The second kappa shape index (κ2) is 13.4. The first-order valence-electron chi connectivity index (χ1n) is 8.07. The molecule has 0 bridgehead atoms. The molecule has 0 aromatic carbocycles. The number of hydrogen-bond donors (Lipinski definition) is 6. The van der Waals surface area contributed by atoms with Gasteiger partial charge < -0.3 is 36.2 Å². The molecule has 0 unspecified atom stereocenters. The lowest BCUT2D eigenvalue weighted by atomic mass is 10.2. The summed E-state index contributed by atoms with van der Waals surface area (Å²) in [5.41, 5.74) is 0. The summed E-state index contributed by atoms with van der Waals surface area (Å²) in [5.74, 6) is 0. The van der Waals surface area contributed by atoms with Gasteiger partial charge in [-0.15, -0.1) is 0 Å². The number of hydrogen-bond acceptors (Lipinski definition) is 7. The van der Waals surface area contributed by atoms with Crippen molar-refractivity contribution < 1.29 is 14.9 Å². The van der Waals surface area contributed by atoms with Crippen LogP contribution in [0.15, 0.2) is 0 Å². The minimum Gasteiger partial charge on any atom is -0.395 e. The van der Waals surface area contributed by atoms with E-state index in [1.54, 1.807) is 0 Å². The van der Waals surface area contributed by atoms with Crippen molar-refractivity contribution in [2.75, 3.05) is 65.6 Å². The Labute approximate surface area is 127 Å². The lowest BCUT2D eigenvalue weighted by Gasteiger charge is -2.15. The molecule has 7 nitrogen and oxygen atoms in total. The molecule has 0 saturated carbocycles. The third-order valence-corrected chi connectivity index (χ3v) is 3.47. The van der Waals surface area contributed by atoms with E-state index < -0.39 is 0 Å². The maximum Gasteiger partial charge on any atom is 0.0704 e. The molecular weight excluding hydrogens is 272 g/mol. The molecule has 1 saturated heterocycles. The molecule has 0 spiro atoms. The van der Waals surface area contributed by atoms with Crippen molar-refractivity contribution in [3.8, 4) is 0 Å². The van der Waals surface area contributed by atoms with E-state index in [0.29, 0.717) is 25.3 Å². The summed E-state index contributed by atoms with van der Waals surface area (Å²) in [6, 6.07) is 0. The van der Waals surface area contributed by atoms with Crippen LogP contribution in [-0.4, -0.2) is 88.0 Å². The summed E-state index contributed by atoms with van der Waals surface area (Å²) in [6.07, 6.45) is 2.88. The van der Waals surface area contributed by atoms with E-state index >= 15 is 0 Å². The second-order valence-electron chi connectivity index (χ2n) is 5.31. The zero-order chi connectivity index (χ0) is 15.2. The van der Waals surface area contributed by atoms with E-state index in [2.05, 4.69) is 21.3 Å². The molecule has 6 N–H and O–H groups in total. The molecule has 0 radical (unpaired) electrons. The smallest absolute Gasteiger partial charge is 0.0704 e. The molecule has 1 aliphatic rings. The van der Waals surface area contributed by atoms with Crippen molar-refractivity contribution in [3.63, 3.8) is 0 Å². The van der Waals surface area contributed by atoms with E-state index in [-0.39, 0.29) is 13.2 Å². The minimum absolute atomic E-state index is 0.190. The van der Waals surface area contributed by atoms with Crippen LogP contribution in [0.2, 0.25) is 0 Å². The lowest BCUT2D eigenvalue weighted by molar-refractivity contribution is 0.0460. The Bertz CT molecular complexity index is 212. The molecule has 1 fully saturated rings. The number of rotatable bonds is 14. The molecule has 21 heavy (non-hydrogen) atoms. The van der Waals surface area contributed by atoms with Gasteiger partial charge in [0, 0.05) is 52.4 Å². The molecular formula is C14H32N4O3. The predicted octanol–water partition coefficient (Wildman–Crippen LogP) is -2.12. The third-order valence-electron chi connectivity index (χ3n) is 3.47. The highest BCUT2D eigenvalue weighted by atomic mass is 16.5. The van der Waals surface area contributed by atoms with Gasteiger partial charge in [0.05, 0.1) is 25.4 Å². The number of nitrogens with one attached hydrogen (secondary N) is 4. The quantitative estimate of drug-likeness (QED) is 0.204. The van der Waals surface area contributed by atoms with Gasteiger partial charge in [-0.3, -0.25) is 0 Å². The summed E-state index contributed by atoms with van der Waals surface area (Å²) < 4.78 is 5.97. The van der Waals surface area contributed by atoms with E-state index in [9.17, 15) is 0 Å². The summed E-state index contributed by atoms with van der Waals surface area (Å²) in [4.78, 5) is 0. The van der Waals surface area contributed by atoms with E-state index in [0.717, 1.165) is 52.1 Å². The Morgan fingerprint density at radius 2 is 1.10 bits per heavy atom. The fraction of sp³-hybridized carbons (Fsp3) is 1.00. The van der Waals surface area contributed by atoms with Crippen LogP contribution in [0.3, 0.4) is 0 Å². The maximum absolute atomic E-state index is 8.63. The number of ether oxygens (including phenoxy) is 1. The average molecular weight is 304 g/mol. The Morgan fingerprint density at radius 3 is 1.52 bits per heavy atom. The largest absolute Gasteiger partial charge is 0.395 e. The van der Waals surface area contributed by atoms with Crippen molar-refractivity contribution in [2.24, 2.45) is 0 Å². The van der Waals surface area contributed by atoms with E-state index in [4.69, 9.17) is 14.9 Å². The monoisotopic (exact) mass is 304 g/mol. The van der Waals surface area contributed by atoms with Crippen LogP contribution in [0.4, 0.5) is 0 Å². The first-order valence-corrected chi connectivity index (χ1v) is 8.07. The van der Waals surface area contributed by atoms with Gasteiger partial charge in [-0.05, 0) is 12.8 Å². The molecule has 2 atom stereocenters. The SMILES string of the molecule is OCCNCCNC[C@H]1CC[C@@H](CNCCNCCO)O1. The second-order valence-corrected chi connectivity index (χ2v) is 5.31. The van der Waals surface area contributed by atoms with Gasteiger partial charge in [-0.25, -0.2) is 0 Å². The van der Waals surface area contributed by atoms with Crippen molar-refractivity contribution >= 4 is 0 Å². The van der Waals surface area contributed by atoms with Gasteiger partial charge in [0.25, 0.3) is 0 Å². The third kappa shape index (κ3) is 10.1. The molecule has 0 aromatic rings. The summed E-state index contributed by atoms with van der Waals surface area (Å²) in [7, 11) is 0. The Kier molecular flexibility index (Phi) is 12.0. The molecule has 0 aliphatic carbocycles. The van der Waals surface area contributed by atoms with Crippen LogP contribution >= 0.6 is 0 Å². The van der Waals surface area contributed by atoms with E-state index in [1.807, 2.05) is 0 Å². The normalized spacial score (nSPS) is 22.0. The van der Waals surface area contributed by atoms with Gasteiger partial charge >= 0.3 is 0 Å². The van der Waals surface area contributed by atoms with Crippen molar-refractivity contribution in [3.05, 3.63) is 0 Å². The van der Waals surface area contributed by atoms with Gasteiger partial charge in [-0.1, -0.05) is 0 Å². The Morgan fingerprint density at radius 1 is 0.667 bits per heavy atom. The summed E-state index contributed by atoms with van der Waals surface area (Å²) >= 11 is 0. The van der Waals surface area contributed by atoms with Crippen LogP contribution in [0.25, 0.3) is 0 Å². The summed E-state index contributed by atoms with van der Waals surface area (Å²) in [6.45, 7) is 7.04. The van der Waals surface area contributed by atoms with Gasteiger partial charge in [0.15, 0.2) is 0 Å². The number of aliphatic hydroxyl groups is 2. The Hall–Kier alpha value is -0.280. The fourth-order valence-corrected chi connectivity index (χ4v) is 2.37. The van der Waals surface area contributed by atoms with Gasteiger partial charge in [0.2, 0.25) is 0 Å². The Balaban J connectivity index is 1.88. The van der Waals surface area contributed by atoms with Crippen molar-refractivity contribution in [1.29, 1.82) is 0 Å². The molecule has 0 aromatic heterocycles. The zero-order valence-corrected chi connectivity index (χ0v) is 12.9.